The van der Waals surface area contributed by atoms with Crippen molar-refractivity contribution < 1.29 is 13.2 Å². The van der Waals surface area contributed by atoms with Crippen LogP contribution in [0.2, 0.25) is 0 Å². The summed E-state index contributed by atoms with van der Waals surface area (Å²) in [5.41, 5.74) is 0.345. The molecule has 1 aromatic heterocycles. The number of hydrogen-bond acceptors (Lipinski definition) is 2. The van der Waals surface area contributed by atoms with Gasteiger partial charge >= 0.3 is 6.18 Å². The number of halogens is 4. The van der Waals surface area contributed by atoms with E-state index in [0.717, 1.165) is 6.20 Å². The Morgan fingerprint density at radius 1 is 1.42 bits per heavy atom. The second kappa shape index (κ2) is 3.15. The average molecular weight is 288 g/mol. The zero-order valence-electron chi connectivity index (χ0n) is 5.98. The monoisotopic (exact) mass is 288 g/mol. The van der Waals surface area contributed by atoms with Crippen LogP contribution in [0.3, 0.4) is 0 Å². The molecule has 0 bridgehead atoms. The lowest BCUT2D eigenvalue weighted by Crippen LogP contribution is -2.11. The highest BCUT2D eigenvalue weighted by Gasteiger charge is 2.34. The van der Waals surface area contributed by atoms with Crippen molar-refractivity contribution in [3.63, 3.8) is 0 Å². The average Bonchev–Trinajstić information content (AvgIpc) is 1.92. The number of hydrogen-bond donors (Lipinski definition) is 0. The summed E-state index contributed by atoms with van der Waals surface area (Å²) in [7, 11) is 0. The maximum Gasteiger partial charge on any atom is 0.451 e. The van der Waals surface area contributed by atoms with E-state index < -0.39 is 12.0 Å². The molecule has 0 aliphatic carbocycles. The molecule has 0 spiro atoms. The summed E-state index contributed by atoms with van der Waals surface area (Å²) >= 11 is 1.88. The fraction of sp³-hybridized carbons (Fsp3) is 0.333. The van der Waals surface area contributed by atoms with Crippen molar-refractivity contribution in [2.24, 2.45) is 0 Å². The van der Waals surface area contributed by atoms with Gasteiger partial charge in [0.25, 0.3) is 0 Å². The molecule has 0 amide bonds. The molecule has 6 heteroatoms. The van der Waals surface area contributed by atoms with Crippen LogP contribution in [0.25, 0.3) is 0 Å². The van der Waals surface area contributed by atoms with Gasteiger partial charge in [-0.1, -0.05) is 0 Å². The van der Waals surface area contributed by atoms with Crippen LogP contribution >= 0.6 is 22.6 Å². The first-order valence-electron chi connectivity index (χ1n) is 2.97. The van der Waals surface area contributed by atoms with Crippen LogP contribution in [0.1, 0.15) is 11.5 Å². The lowest BCUT2D eigenvalue weighted by molar-refractivity contribution is -0.145. The van der Waals surface area contributed by atoms with E-state index >= 15 is 0 Å². The summed E-state index contributed by atoms with van der Waals surface area (Å²) in [5, 5.41) is 0. The van der Waals surface area contributed by atoms with Gasteiger partial charge in [-0.2, -0.15) is 13.2 Å². The molecule has 1 heterocycles. The van der Waals surface area contributed by atoms with E-state index in [9.17, 15) is 13.2 Å². The number of rotatable bonds is 0. The minimum absolute atomic E-state index is 0.345. The molecule has 0 N–H and O–H groups in total. The Morgan fingerprint density at radius 2 is 2.00 bits per heavy atom. The van der Waals surface area contributed by atoms with Gasteiger partial charge < -0.3 is 0 Å². The van der Waals surface area contributed by atoms with Gasteiger partial charge in [-0.05, 0) is 29.5 Å². The summed E-state index contributed by atoms with van der Waals surface area (Å²) in [5.74, 6) is -1.08. The Balaban J connectivity index is 3.14. The van der Waals surface area contributed by atoms with Gasteiger partial charge in [0.2, 0.25) is 5.82 Å². The van der Waals surface area contributed by atoms with Gasteiger partial charge in [0.1, 0.15) is 0 Å². The summed E-state index contributed by atoms with van der Waals surface area (Å²) < 4.78 is 36.5. The van der Waals surface area contributed by atoms with E-state index in [2.05, 4.69) is 9.97 Å². The van der Waals surface area contributed by atoms with Crippen LogP contribution in [0.5, 0.6) is 0 Å². The first kappa shape index (κ1) is 9.69. The molecule has 0 aliphatic heterocycles. The molecule has 12 heavy (non-hydrogen) atoms. The highest BCUT2D eigenvalue weighted by atomic mass is 127. The van der Waals surface area contributed by atoms with E-state index in [1.807, 2.05) is 22.6 Å². The fourth-order valence-corrected chi connectivity index (χ4v) is 0.849. The van der Waals surface area contributed by atoms with Gasteiger partial charge in [-0.3, -0.25) is 0 Å². The Bertz CT molecular complexity index is 297. The molecule has 0 aromatic carbocycles. The molecule has 1 aromatic rings. The molecular formula is C6H4F3IN2. The molecule has 0 unspecified atom stereocenters. The van der Waals surface area contributed by atoms with E-state index in [1.54, 1.807) is 0 Å². The van der Waals surface area contributed by atoms with Crippen molar-refractivity contribution >= 4 is 22.6 Å². The van der Waals surface area contributed by atoms with Crippen LogP contribution in [0.4, 0.5) is 13.2 Å². The van der Waals surface area contributed by atoms with Gasteiger partial charge in [0.05, 0.1) is 9.26 Å². The third-order valence-corrected chi connectivity index (χ3v) is 2.23. The third-order valence-electron chi connectivity index (χ3n) is 1.17. The predicted molar refractivity (Wildman–Crippen MR) is 44.5 cm³/mol. The smallest absolute Gasteiger partial charge is 0.232 e. The van der Waals surface area contributed by atoms with Gasteiger partial charge in [0.15, 0.2) is 0 Å². The number of nitrogens with zero attached hydrogens (tertiary/aromatic N) is 2. The minimum Gasteiger partial charge on any atom is -0.232 e. The Hall–Kier alpha value is -0.400. The first-order chi connectivity index (χ1) is 5.41. The van der Waals surface area contributed by atoms with E-state index in [-0.39, 0.29) is 0 Å². The van der Waals surface area contributed by atoms with Crippen molar-refractivity contribution in [1.82, 2.24) is 9.97 Å². The minimum atomic E-state index is -4.45. The molecule has 0 fully saturated rings. The van der Waals surface area contributed by atoms with Gasteiger partial charge in [0, 0.05) is 6.20 Å². The molecule has 0 atom stereocenters. The van der Waals surface area contributed by atoms with Crippen molar-refractivity contribution in [3.8, 4) is 0 Å². The van der Waals surface area contributed by atoms with Crippen LogP contribution in [0, 0.1) is 10.5 Å². The summed E-state index contributed by atoms with van der Waals surface area (Å²) in [6.07, 6.45) is -3.29. The quantitative estimate of drug-likeness (QED) is 0.685. The zero-order chi connectivity index (χ0) is 9.35. The Morgan fingerprint density at radius 3 is 2.42 bits per heavy atom. The predicted octanol–water partition coefficient (Wildman–Crippen LogP) is 2.41. The van der Waals surface area contributed by atoms with Crippen LogP contribution in [-0.4, -0.2) is 9.97 Å². The SMILES string of the molecule is Cc1nc(C(F)(F)F)ncc1I. The lowest BCUT2D eigenvalue weighted by atomic mass is 10.4. The van der Waals surface area contributed by atoms with E-state index in [1.165, 1.54) is 6.92 Å². The van der Waals surface area contributed by atoms with E-state index in [0.29, 0.717) is 9.26 Å². The van der Waals surface area contributed by atoms with Crippen molar-refractivity contribution in [3.05, 3.63) is 21.3 Å². The van der Waals surface area contributed by atoms with Crippen molar-refractivity contribution in [2.75, 3.05) is 0 Å². The van der Waals surface area contributed by atoms with Gasteiger partial charge in [-0.25, -0.2) is 9.97 Å². The van der Waals surface area contributed by atoms with Crippen LogP contribution in [0.15, 0.2) is 6.20 Å². The summed E-state index contributed by atoms with van der Waals surface area (Å²) in [6, 6.07) is 0. The molecule has 0 aliphatic rings. The fourth-order valence-electron chi connectivity index (χ4n) is 0.589. The second-order valence-electron chi connectivity index (χ2n) is 2.12. The maximum atomic E-state index is 12.0. The number of aromatic nitrogens is 2. The number of aryl methyl sites for hydroxylation is 1. The lowest BCUT2D eigenvalue weighted by Gasteiger charge is -2.05. The number of alkyl halides is 3. The normalized spacial score (nSPS) is 11.8. The molecule has 2 nitrogen and oxygen atoms in total. The van der Waals surface area contributed by atoms with Crippen molar-refractivity contribution in [1.29, 1.82) is 0 Å². The molecule has 0 saturated carbocycles. The zero-order valence-corrected chi connectivity index (χ0v) is 8.14. The Kier molecular flexibility index (Phi) is 2.55. The molecule has 0 radical (unpaired) electrons. The Labute approximate surface area is 80.4 Å². The van der Waals surface area contributed by atoms with Crippen LogP contribution in [-0.2, 0) is 6.18 Å². The van der Waals surface area contributed by atoms with E-state index in [4.69, 9.17) is 0 Å². The highest BCUT2D eigenvalue weighted by molar-refractivity contribution is 14.1. The van der Waals surface area contributed by atoms with Crippen LogP contribution < -0.4 is 0 Å². The van der Waals surface area contributed by atoms with Gasteiger partial charge in [-0.15, -0.1) is 0 Å². The molecule has 66 valence electrons. The summed E-state index contributed by atoms with van der Waals surface area (Å²) in [4.78, 5) is 6.47. The molecular weight excluding hydrogens is 284 g/mol. The maximum absolute atomic E-state index is 12.0. The standard InChI is InChI=1S/C6H4F3IN2/c1-3-4(10)2-11-5(12-3)6(7,8)9/h2H,1H3. The molecule has 1 rings (SSSR count). The first-order valence-corrected chi connectivity index (χ1v) is 4.05. The largest absolute Gasteiger partial charge is 0.451 e. The highest BCUT2D eigenvalue weighted by Crippen LogP contribution is 2.26. The topological polar surface area (TPSA) is 25.8 Å². The third kappa shape index (κ3) is 2.05. The van der Waals surface area contributed by atoms with Crippen molar-refractivity contribution in [2.45, 2.75) is 13.1 Å². The molecule has 0 saturated heterocycles. The second-order valence-corrected chi connectivity index (χ2v) is 3.29. The summed E-state index contributed by atoms with van der Waals surface area (Å²) in [6.45, 7) is 1.51.